The standard InChI is InChI=1S/C18H24N2O2S/c1-21-15-9-8-13(10-16(15)22-2)17-11-20-18(23-17)12-19-14-6-4-3-5-7-14/h8-11,14,19H,3-7,12H2,1-2H3. The van der Waals surface area contributed by atoms with Crippen LogP contribution in [0, 0.1) is 0 Å². The maximum absolute atomic E-state index is 5.38. The van der Waals surface area contributed by atoms with Gasteiger partial charge in [0.05, 0.1) is 19.1 Å². The van der Waals surface area contributed by atoms with Gasteiger partial charge in [0.15, 0.2) is 11.5 Å². The monoisotopic (exact) mass is 332 g/mol. The van der Waals surface area contributed by atoms with E-state index < -0.39 is 0 Å². The second kappa shape index (κ2) is 7.79. The fraction of sp³-hybridized carbons (Fsp3) is 0.500. The Morgan fingerprint density at radius 1 is 1.13 bits per heavy atom. The zero-order chi connectivity index (χ0) is 16.1. The number of hydrogen-bond donors (Lipinski definition) is 1. The van der Waals surface area contributed by atoms with Crippen LogP contribution in [0.5, 0.6) is 11.5 Å². The average Bonchev–Trinajstić information content (AvgIpc) is 3.09. The number of thiazole rings is 1. The van der Waals surface area contributed by atoms with E-state index >= 15 is 0 Å². The van der Waals surface area contributed by atoms with Gasteiger partial charge in [-0.15, -0.1) is 11.3 Å². The van der Waals surface area contributed by atoms with E-state index in [0.29, 0.717) is 6.04 Å². The molecule has 1 heterocycles. The smallest absolute Gasteiger partial charge is 0.161 e. The van der Waals surface area contributed by atoms with Gasteiger partial charge in [0.2, 0.25) is 0 Å². The zero-order valence-electron chi connectivity index (χ0n) is 13.8. The number of rotatable bonds is 6. The summed E-state index contributed by atoms with van der Waals surface area (Å²) in [5, 5.41) is 4.79. The van der Waals surface area contributed by atoms with Gasteiger partial charge in [-0.25, -0.2) is 4.98 Å². The summed E-state index contributed by atoms with van der Waals surface area (Å²) in [6, 6.07) is 6.66. The SMILES string of the molecule is COc1ccc(-c2cnc(CNC3CCCCC3)s2)cc1OC. The van der Waals surface area contributed by atoms with Gasteiger partial charge < -0.3 is 14.8 Å². The molecule has 2 aromatic rings. The molecule has 1 aromatic heterocycles. The van der Waals surface area contributed by atoms with Crippen molar-refractivity contribution in [3.63, 3.8) is 0 Å². The number of nitrogens with zero attached hydrogens (tertiary/aromatic N) is 1. The van der Waals surface area contributed by atoms with Crippen molar-refractivity contribution in [2.24, 2.45) is 0 Å². The van der Waals surface area contributed by atoms with Gasteiger partial charge in [0.25, 0.3) is 0 Å². The van der Waals surface area contributed by atoms with Crippen LogP contribution in [0.15, 0.2) is 24.4 Å². The lowest BCUT2D eigenvalue weighted by Gasteiger charge is -2.22. The highest BCUT2D eigenvalue weighted by atomic mass is 32.1. The van der Waals surface area contributed by atoms with E-state index in [1.165, 1.54) is 32.1 Å². The van der Waals surface area contributed by atoms with E-state index in [-0.39, 0.29) is 0 Å². The van der Waals surface area contributed by atoms with Gasteiger partial charge in [-0.1, -0.05) is 19.3 Å². The summed E-state index contributed by atoms with van der Waals surface area (Å²) in [5.74, 6) is 1.50. The molecule has 4 nitrogen and oxygen atoms in total. The van der Waals surface area contributed by atoms with Crippen molar-refractivity contribution in [3.8, 4) is 21.9 Å². The molecule has 0 amide bonds. The molecule has 0 aliphatic heterocycles. The Morgan fingerprint density at radius 2 is 1.91 bits per heavy atom. The van der Waals surface area contributed by atoms with Gasteiger partial charge in [-0.2, -0.15) is 0 Å². The molecule has 0 unspecified atom stereocenters. The Labute approximate surface area is 141 Å². The van der Waals surface area contributed by atoms with E-state index in [0.717, 1.165) is 33.5 Å². The maximum atomic E-state index is 5.38. The van der Waals surface area contributed by atoms with Crippen molar-refractivity contribution < 1.29 is 9.47 Å². The lowest BCUT2D eigenvalue weighted by molar-refractivity contribution is 0.355. The lowest BCUT2D eigenvalue weighted by atomic mass is 9.96. The first-order valence-corrected chi connectivity index (χ1v) is 9.02. The highest BCUT2D eigenvalue weighted by Gasteiger charge is 2.14. The van der Waals surface area contributed by atoms with Crippen LogP contribution in [0.1, 0.15) is 37.1 Å². The Kier molecular flexibility index (Phi) is 5.51. The minimum atomic E-state index is 0.664. The number of hydrogen-bond acceptors (Lipinski definition) is 5. The molecular weight excluding hydrogens is 308 g/mol. The van der Waals surface area contributed by atoms with Crippen LogP contribution in [-0.4, -0.2) is 25.2 Å². The highest BCUT2D eigenvalue weighted by molar-refractivity contribution is 7.15. The molecule has 5 heteroatoms. The number of benzene rings is 1. The molecule has 0 bridgehead atoms. The Morgan fingerprint density at radius 3 is 2.65 bits per heavy atom. The Hall–Kier alpha value is -1.59. The van der Waals surface area contributed by atoms with Crippen molar-refractivity contribution in [3.05, 3.63) is 29.4 Å². The fourth-order valence-electron chi connectivity index (χ4n) is 3.05. The molecule has 124 valence electrons. The summed E-state index contributed by atoms with van der Waals surface area (Å²) in [5.41, 5.74) is 1.11. The van der Waals surface area contributed by atoms with Gasteiger partial charge in [-0.05, 0) is 36.6 Å². The van der Waals surface area contributed by atoms with Crippen LogP contribution < -0.4 is 14.8 Å². The van der Waals surface area contributed by atoms with E-state index in [1.54, 1.807) is 25.6 Å². The Balaban J connectivity index is 1.66. The number of aromatic nitrogens is 1. The first-order valence-electron chi connectivity index (χ1n) is 8.20. The third-order valence-electron chi connectivity index (χ3n) is 4.37. The van der Waals surface area contributed by atoms with Crippen LogP contribution in [0.4, 0.5) is 0 Å². The van der Waals surface area contributed by atoms with Gasteiger partial charge in [0, 0.05) is 18.8 Å². The van der Waals surface area contributed by atoms with Gasteiger partial charge >= 0.3 is 0 Å². The van der Waals surface area contributed by atoms with E-state index in [4.69, 9.17) is 9.47 Å². The second-order valence-corrected chi connectivity index (χ2v) is 7.02. The second-order valence-electron chi connectivity index (χ2n) is 5.90. The molecule has 23 heavy (non-hydrogen) atoms. The summed E-state index contributed by atoms with van der Waals surface area (Å²) in [7, 11) is 3.31. The van der Waals surface area contributed by atoms with E-state index in [9.17, 15) is 0 Å². The average molecular weight is 332 g/mol. The normalized spacial score (nSPS) is 15.6. The molecule has 0 atom stereocenters. The van der Waals surface area contributed by atoms with E-state index in [1.807, 2.05) is 24.4 Å². The molecule has 3 rings (SSSR count). The predicted octanol–water partition coefficient (Wildman–Crippen LogP) is 4.25. The minimum Gasteiger partial charge on any atom is -0.493 e. The van der Waals surface area contributed by atoms with Crippen molar-refractivity contribution in [2.45, 2.75) is 44.7 Å². The molecule has 1 fully saturated rings. The van der Waals surface area contributed by atoms with Crippen molar-refractivity contribution >= 4 is 11.3 Å². The van der Waals surface area contributed by atoms with Crippen molar-refractivity contribution in [1.82, 2.24) is 10.3 Å². The lowest BCUT2D eigenvalue weighted by Crippen LogP contribution is -2.30. The molecule has 1 saturated carbocycles. The zero-order valence-corrected chi connectivity index (χ0v) is 14.6. The van der Waals surface area contributed by atoms with Crippen molar-refractivity contribution in [1.29, 1.82) is 0 Å². The third kappa shape index (κ3) is 4.03. The fourth-order valence-corrected chi connectivity index (χ4v) is 3.92. The summed E-state index contributed by atoms with van der Waals surface area (Å²) >= 11 is 1.74. The summed E-state index contributed by atoms with van der Waals surface area (Å²) in [6.07, 6.45) is 8.64. The summed E-state index contributed by atoms with van der Waals surface area (Å²) in [4.78, 5) is 5.72. The molecule has 1 N–H and O–H groups in total. The maximum Gasteiger partial charge on any atom is 0.161 e. The summed E-state index contributed by atoms with van der Waals surface area (Å²) < 4.78 is 10.7. The number of nitrogens with one attached hydrogen (secondary N) is 1. The van der Waals surface area contributed by atoms with E-state index in [2.05, 4.69) is 10.3 Å². The third-order valence-corrected chi connectivity index (χ3v) is 5.42. The minimum absolute atomic E-state index is 0.664. The van der Waals surface area contributed by atoms with Crippen molar-refractivity contribution in [2.75, 3.05) is 14.2 Å². The highest BCUT2D eigenvalue weighted by Crippen LogP contribution is 2.34. The van der Waals surface area contributed by atoms with Gasteiger partial charge in [-0.3, -0.25) is 0 Å². The molecule has 1 aliphatic rings. The number of methoxy groups -OCH3 is 2. The molecule has 0 spiro atoms. The molecule has 0 radical (unpaired) electrons. The molecule has 0 saturated heterocycles. The first-order chi connectivity index (χ1) is 11.3. The van der Waals surface area contributed by atoms with Crippen LogP contribution in [0.25, 0.3) is 10.4 Å². The molecular formula is C18H24N2O2S. The predicted molar refractivity (Wildman–Crippen MR) is 94.4 cm³/mol. The topological polar surface area (TPSA) is 43.4 Å². The Bertz CT molecular complexity index is 636. The largest absolute Gasteiger partial charge is 0.493 e. The molecule has 1 aliphatic carbocycles. The van der Waals surface area contributed by atoms with Gasteiger partial charge in [0.1, 0.15) is 5.01 Å². The summed E-state index contributed by atoms with van der Waals surface area (Å²) in [6.45, 7) is 0.864. The molecule has 1 aromatic carbocycles. The number of ether oxygens (including phenoxy) is 2. The first kappa shape index (κ1) is 16.3. The van der Waals surface area contributed by atoms with Crippen LogP contribution in [-0.2, 0) is 6.54 Å². The quantitative estimate of drug-likeness (QED) is 0.859. The van der Waals surface area contributed by atoms with Crippen LogP contribution in [0.3, 0.4) is 0 Å². The van der Waals surface area contributed by atoms with Crippen LogP contribution in [0.2, 0.25) is 0 Å². The van der Waals surface area contributed by atoms with Crippen LogP contribution >= 0.6 is 11.3 Å².